The van der Waals surface area contributed by atoms with Gasteiger partial charge in [0.05, 0.1) is 13.2 Å². The molecule has 2 aliphatic rings. The summed E-state index contributed by atoms with van der Waals surface area (Å²) >= 11 is 1.67. The van der Waals surface area contributed by atoms with E-state index in [1.807, 2.05) is 30.3 Å². The molecule has 1 saturated heterocycles. The minimum absolute atomic E-state index is 0.0551. The van der Waals surface area contributed by atoms with Crippen LogP contribution in [0.1, 0.15) is 12.5 Å². The minimum Gasteiger partial charge on any atom is -0.497 e. The monoisotopic (exact) mass is 421 g/mol. The molecule has 0 saturated carbocycles. The molecule has 4 rings (SSSR count). The molecule has 0 bridgehead atoms. The quantitative estimate of drug-likeness (QED) is 0.507. The van der Waals surface area contributed by atoms with Crippen LogP contribution >= 0.6 is 11.8 Å². The van der Waals surface area contributed by atoms with E-state index in [0.29, 0.717) is 0 Å². The van der Waals surface area contributed by atoms with Crippen LogP contribution in [0.25, 0.3) is 0 Å². The molecule has 154 valence electrons. The number of amides is 1. The lowest BCUT2D eigenvalue weighted by atomic mass is 9.85. The van der Waals surface area contributed by atoms with Crippen LogP contribution in [-0.2, 0) is 14.3 Å². The number of carbonyl (C=O) groups excluding carboxylic acids is 2. The van der Waals surface area contributed by atoms with Crippen LogP contribution in [0, 0.1) is 12.8 Å². The van der Waals surface area contributed by atoms with Gasteiger partial charge in [0, 0.05) is 23.4 Å². The first-order valence-corrected chi connectivity index (χ1v) is 10.6. The molecule has 1 amide bonds. The van der Waals surface area contributed by atoms with E-state index in [4.69, 9.17) is 9.47 Å². The van der Waals surface area contributed by atoms with Gasteiger partial charge in [-0.2, -0.15) is 0 Å². The second kappa shape index (κ2) is 8.40. The number of hydrogen-bond acceptors (Lipinski definition) is 5. The van der Waals surface area contributed by atoms with Crippen LogP contribution in [0.5, 0.6) is 5.75 Å². The summed E-state index contributed by atoms with van der Waals surface area (Å²) in [6, 6.07) is 15.4. The Balaban J connectivity index is 1.61. The van der Waals surface area contributed by atoms with Crippen molar-refractivity contribution in [3.63, 3.8) is 0 Å². The highest BCUT2D eigenvalue weighted by Crippen LogP contribution is 2.44. The van der Waals surface area contributed by atoms with Gasteiger partial charge >= 0.3 is 5.97 Å². The predicted molar refractivity (Wildman–Crippen MR) is 118 cm³/mol. The van der Waals surface area contributed by atoms with Gasteiger partial charge in [0.2, 0.25) is 6.10 Å². The molecule has 2 aromatic rings. The van der Waals surface area contributed by atoms with Gasteiger partial charge in [-0.1, -0.05) is 47.7 Å². The normalized spacial score (nSPS) is 22.5. The topological polar surface area (TPSA) is 55.8 Å². The SMILES string of the molecule is COc1ccc(N2C(=O)[C@@H](OC(C)=O)[C@H]2C2C=CC=C2Sc2ccc(C)cc2)cc1. The fraction of sp³-hybridized carbons (Fsp3) is 0.250. The van der Waals surface area contributed by atoms with Crippen LogP contribution in [0.4, 0.5) is 5.69 Å². The van der Waals surface area contributed by atoms with Crippen molar-refractivity contribution in [2.24, 2.45) is 5.92 Å². The van der Waals surface area contributed by atoms with Crippen LogP contribution in [0.2, 0.25) is 0 Å². The minimum atomic E-state index is -0.792. The van der Waals surface area contributed by atoms with Crippen LogP contribution in [0.3, 0.4) is 0 Å². The molecule has 30 heavy (non-hydrogen) atoms. The number of ether oxygens (including phenoxy) is 2. The molecule has 0 N–H and O–H groups in total. The summed E-state index contributed by atoms with van der Waals surface area (Å²) < 4.78 is 10.6. The lowest BCUT2D eigenvalue weighted by molar-refractivity contribution is -0.161. The third-order valence-corrected chi connectivity index (χ3v) is 6.42. The van der Waals surface area contributed by atoms with Crippen molar-refractivity contribution in [1.29, 1.82) is 0 Å². The average Bonchev–Trinajstić information content (AvgIpc) is 3.19. The molecule has 1 fully saturated rings. The van der Waals surface area contributed by atoms with E-state index in [-0.39, 0.29) is 17.9 Å². The molecule has 5 nitrogen and oxygen atoms in total. The summed E-state index contributed by atoms with van der Waals surface area (Å²) in [5, 5.41) is 0. The zero-order chi connectivity index (χ0) is 21.3. The highest BCUT2D eigenvalue weighted by atomic mass is 32.2. The summed E-state index contributed by atoms with van der Waals surface area (Å²) in [4.78, 5) is 28.5. The van der Waals surface area contributed by atoms with Crippen LogP contribution < -0.4 is 9.64 Å². The molecule has 1 aliphatic carbocycles. The van der Waals surface area contributed by atoms with Gasteiger partial charge in [0.1, 0.15) is 5.75 Å². The first-order chi connectivity index (χ1) is 14.5. The van der Waals surface area contributed by atoms with Gasteiger partial charge in [-0.25, -0.2) is 0 Å². The number of aryl methyl sites for hydroxylation is 1. The maximum absolute atomic E-state index is 12.9. The molecule has 1 aliphatic heterocycles. The molecule has 0 aromatic heterocycles. The zero-order valence-electron chi connectivity index (χ0n) is 17.1. The summed E-state index contributed by atoms with van der Waals surface area (Å²) in [7, 11) is 1.60. The first-order valence-electron chi connectivity index (χ1n) is 9.75. The molecule has 0 spiro atoms. The van der Waals surface area contributed by atoms with Gasteiger partial charge < -0.3 is 14.4 Å². The number of anilines is 1. The van der Waals surface area contributed by atoms with Crippen molar-refractivity contribution in [3.8, 4) is 5.75 Å². The Morgan fingerprint density at radius 2 is 1.77 bits per heavy atom. The summed E-state index contributed by atoms with van der Waals surface area (Å²) in [6.45, 7) is 3.40. The molecule has 1 unspecified atom stereocenters. The van der Waals surface area contributed by atoms with Crippen LogP contribution in [-0.4, -0.2) is 31.1 Å². The van der Waals surface area contributed by atoms with E-state index in [9.17, 15) is 9.59 Å². The lowest BCUT2D eigenvalue weighted by Gasteiger charge is -2.48. The maximum atomic E-state index is 12.9. The van der Waals surface area contributed by atoms with Crippen molar-refractivity contribution < 1.29 is 19.1 Å². The van der Waals surface area contributed by atoms with Gasteiger partial charge in [0.25, 0.3) is 5.91 Å². The maximum Gasteiger partial charge on any atom is 0.303 e. The van der Waals surface area contributed by atoms with E-state index < -0.39 is 12.1 Å². The standard InChI is InChI=1S/C24H23NO4S/c1-15-7-13-19(14-8-15)30-21-6-4-5-20(21)22-23(29-16(2)26)24(27)25(22)17-9-11-18(28-3)12-10-17/h4-14,20,22-23H,1-3H3/t20?,22-,23+/m1/s1. The smallest absolute Gasteiger partial charge is 0.303 e. The van der Waals surface area contributed by atoms with Crippen molar-refractivity contribution in [1.82, 2.24) is 0 Å². The largest absolute Gasteiger partial charge is 0.497 e. The Morgan fingerprint density at radius 1 is 1.07 bits per heavy atom. The highest BCUT2D eigenvalue weighted by Gasteiger charge is 2.54. The van der Waals surface area contributed by atoms with Gasteiger partial charge in [0.15, 0.2) is 0 Å². The Kier molecular flexibility index (Phi) is 5.68. The average molecular weight is 422 g/mol. The summed E-state index contributed by atoms with van der Waals surface area (Å²) in [5.41, 5.74) is 1.97. The molecule has 3 atom stereocenters. The fourth-order valence-electron chi connectivity index (χ4n) is 3.78. The van der Waals surface area contributed by atoms with Crippen molar-refractivity contribution in [3.05, 3.63) is 77.2 Å². The van der Waals surface area contributed by atoms with Crippen molar-refractivity contribution >= 4 is 29.3 Å². The number of rotatable bonds is 6. The second-order valence-corrected chi connectivity index (χ2v) is 8.47. The Morgan fingerprint density at radius 3 is 2.40 bits per heavy atom. The number of benzene rings is 2. The summed E-state index contributed by atoms with van der Waals surface area (Å²) in [6.07, 6.45) is 5.34. The first kappa shape index (κ1) is 20.3. The zero-order valence-corrected chi connectivity index (χ0v) is 17.9. The number of thioether (sulfide) groups is 1. The lowest BCUT2D eigenvalue weighted by Crippen LogP contribution is -2.69. The van der Waals surface area contributed by atoms with E-state index >= 15 is 0 Å². The molecule has 6 heteroatoms. The molecule has 0 radical (unpaired) electrons. The molecular formula is C24H23NO4S. The van der Waals surface area contributed by atoms with Crippen LogP contribution in [0.15, 0.2) is 76.6 Å². The van der Waals surface area contributed by atoms with E-state index in [2.05, 4.69) is 43.3 Å². The number of esters is 1. The van der Waals surface area contributed by atoms with E-state index in [0.717, 1.165) is 21.2 Å². The molecular weight excluding hydrogens is 398 g/mol. The predicted octanol–water partition coefficient (Wildman–Crippen LogP) is 4.51. The number of nitrogens with zero attached hydrogens (tertiary/aromatic N) is 1. The van der Waals surface area contributed by atoms with Gasteiger partial charge in [-0.05, 0) is 48.2 Å². The fourth-order valence-corrected chi connectivity index (χ4v) is 4.82. The Labute approximate surface area is 180 Å². The number of methoxy groups -OCH3 is 1. The van der Waals surface area contributed by atoms with E-state index in [1.165, 1.54) is 12.5 Å². The van der Waals surface area contributed by atoms with Crippen molar-refractivity contribution in [2.75, 3.05) is 12.0 Å². The van der Waals surface area contributed by atoms with Gasteiger partial charge in [-0.3, -0.25) is 9.59 Å². The Hall–Kier alpha value is -2.99. The third kappa shape index (κ3) is 3.87. The van der Waals surface area contributed by atoms with Crippen molar-refractivity contribution in [2.45, 2.75) is 30.9 Å². The Bertz CT molecular complexity index is 1010. The molecule has 2 aromatic carbocycles. The number of allylic oxidation sites excluding steroid dienone is 2. The third-order valence-electron chi connectivity index (χ3n) is 5.26. The summed E-state index contributed by atoms with van der Waals surface area (Å²) in [5.74, 6) is 0.00307. The second-order valence-electron chi connectivity index (χ2n) is 7.32. The number of β-lactam (4-membered cyclic amide) rings is 1. The molecule has 1 heterocycles. The highest BCUT2D eigenvalue weighted by molar-refractivity contribution is 8.03. The number of hydrogen-bond donors (Lipinski definition) is 0. The van der Waals surface area contributed by atoms with E-state index in [1.54, 1.807) is 23.8 Å². The number of carbonyl (C=O) groups is 2. The van der Waals surface area contributed by atoms with Gasteiger partial charge in [-0.15, -0.1) is 0 Å².